The highest BCUT2D eigenvalue weighted by atomic mass is 32.1. The second-order valence-corrected chi connectivity index (χ2v) is 5.81. The van der Waals surface area contributed by atoms with Crippen LogP contribution in [0.25, 0.3) is 0 Å². The largest absolute Gasteiger partial charge is 0.381 e. The highest BCUT2D eigenvalue weighted by molar-refractivity contribution is 7.09. The van der Waals surface area contributed by atoms with Crippen molar-refractivity contribution in [3.05, 3.63) is 22.4 Å². The zero-order valence-corrected chi connectivity index (χ0v) is 11.3. The van der Waals surface area contributed by atoms with Crippen LogP contribution in [-0.2, 0) is 11.3 Å². The predicted octanol–water partition coefficient (Wildman–Crippen LogP) is 1.93. The Kier molecular flexibility index (Phi) is 4.98. The first-order valence-electron chi connectivity index (χ1n) is 6.31. The molecule has 1 aliphatic rings. The average Bonchev–Trinajstić information content (AvgIpc) is 2.84. The summed E-state index contributed by atoms with van der Waals surface area (Å²) in [6, 6.07) is 4.73. The fourth-order valence-corrected chi connectivity index (χ4v) is 3.33. The lowest BCUT2D eigenvalue weighted by atomic mass is 9.92. The highest BCUT2D eigenvalue weighted by Crippen LogP contribution is 2.22. The summed E-state index contributed by atoms with van der Waals surface area (Å²) in [5.74, 6) is 0.596. The number of nitrogens with zero attached hydrogens (tertiary/aromatic N) is 1. The molecule has 4 heteroatoms. The van der Waals surface area contributed by atoms with Crippen molar-refractivity contribution in [1.29, 1.82) is 0 Å². The van der Waals surface area contributed by atoms with Crippen molar-refractivity contribution in [1.82, 2.24) is 4.90 Å². The Morgan fingerprint density at radius 3 is 3.12 bits per heavy atom. The summed E-state index contributed by atoms with van der Waals surface area (Å²) in [7, 11) is 2.17. The number of rotatable bonds is 5. The maximum atomic E-state index is 5.94. The second kappa shape index (κ2) is 6.50. The van der Waals surface area contributed by atoms with Crippen LogP contribution in [-0.4, -0.2) is 37.7 Å². The molecule has 1 aliphatic heterocycles. The molecule has 0 amide bonds. The molecule has 1 aromatic heterocycles. The van der Waals surface area contributed by atoms with Crippen molar-refractivity contribution >= 4 is 11.3 Å². The molecule has 3 nitrogen and oxygen atoms in total. The quantitative estimate of drug-likeness (QED) is 0.872. The van der Waals surface area contributed by atoms with E-state index in [1.165, 1.54) is 17.7 Å². The molecule has 17 heavy (non-hydrogen) atoms. The molecule has 1 aromatic rings. The first-order valence-corrected chi connectivity index (χ1v) is 7.19. The molecule has 2 heterocycles. The average molecular weight is 254 g/mol. The van der Waals surface area contributed by atoms with Gasteiger partial charge in [0.25, 0.3) is 0 Å². The highest BCUT2D eigenvalue weighted by Gasteiger charge is 2.26. The number of ether oxygens (including phenoxy) is 1. The minimum atomic E-state index is 0.442. The molecular formula is C13H22N2OS. The molecule has 0 radical (unpaired) electrons. The van der Waals surface area contributed by atoms with Crippen molar-refractivity contribution in [3.63, 3.8) is 0 Å². The Labute approximate surface area is 108 Å². The van der Waals surface area contributed by atoms with Gasteiger partial charge in [-0.3, -0.25) is 4.90 Å². The van der Waals surface area contributed by atoms with E-state index in [1.807, 2.05) is 11.3 Å². The molecular weight excluding hydrogens is 232 g/mol. The van der Waals surface area contributed by atoms with Crippen LogP contribution in [0.15, 0.2) is 17.5 Å². The van der Waals surface area contributed by atoms with Crippen LogP contribution < -0.4 is 5.73 Å². The van der Waals surface area contributed by atoms with Gasteiger partial charge in [0.2, 0.25) is 0 Å². The lowest BCUT2D eigenvalue weighted by molar-refractivity contribution is 0.0158. The molecule has 1 fully saturated rings. The van der Waals surface area contributed by atoms with Crippen LogP contribution in [0.3, 0.4) is 0 Å². The van der Waals surface area contributed by atoms with E-state index in [2.05, 4.69) is 29.5 Å². The van der Waals surface area contributed by atoms with Crippen molar-refractivity contribution < 1.29 is 4.74 Å². The Hall–Kier alpha value is -0.420. The molecule has 0 aliphatic carbocycles. The molecule has 2 atom stereocenters. The lowest BCUT2D eigenvalue weighted by Crippen LogP contribution is -2.45. The van der Waals surface area contributed by atoms with Gasteiger partial charge in [0, 0.05) is 30.6 Å². The van der Waals surface area contributed by atoms with Gasteiger partial charge in [0.15, 0.2) is 0 Å². The fraction of sp³-hybridized carbons (Fsp3) is 0.692. The first-order chi connectivity index (χ1) is 8.31. The predicted molar refractivity (Wildman–Crippen MR) is 72.2 cm³/mol. The molecule has 96 valence electrons. The molecule has 0 bridgehead atoms. The maximum absolute atomic E-state index is 5.94. The van der Waals surface area contributed by atoms with Crippen LogP contribution >= 0.6 is 11.3 Å². The van der Waals surface area contributed by atoms with Gasteiger partial charge in [-0.15, -0.1) is 11.3 Å². The third kappa shape index (κ3) is 3.52. The minimum absolute atomic E-state index is 0.442. The number of hydrogen-bond donors (Lipinski definition) is 1. The van der Waals surface area contributed by atoms with Crippen LogP contribution in [0.4, 0.5) is 0 Å². The van der Waals surface area contributed by atoms with E-state index in [9.17, 15) is 0 Å². The molecule has 0 saturated carbocycles. The van der Waals surface area contributed by atoms with Crippen molar-refractivity contribution in [2.45, 2.75) is 25.4 Å². The lowest BCUT2D eigenvalue weighted by Gasteiger charge is -2.35. The Bertz CT molecular complexity index is 309. The van der Waals surface area contributed by atoms with E-state index in [0.717, 1.165) is 26.3 Å². The molecule has 2 N–H and O–H groups in total. The summed E-state index contributed by atoms with van der Waals surface area (Å²) in [5, 5.41) is 2.13. The summed E-state index contributed by atoms with van der Waals surface area (Å²) < 4.78 is 5.57. The van der Waals surface area contributed by atoms with E-state index < -0.39 is 0 Å². The summed E-state index contributed by atoms with van der Waals surface area (Å²) in [6.45, 7) is 3.50. The third-order valence-electron chi connectivity index (χ3n) is 3.53. The van der Waals surface area contributed by atoms with Gasteiger partial charge < -0.3 is 10.5 Å². The summed E-state index contributed by atoms with van der Waals surface area (Å²) >= 11 is 1.81. The summed E-state index contributed by atoms with van der Waals surface area (Å²) in [5.41, 5.74) is 5.94. The van der Waals surface area contributed by atoms with Gasteiger partial charge in [-0.25, -0.2) is 0 Å². The molecule has 0 spiro atoms. The van der Waals surface area contributed by atoms with E-state index >= 15 is 0 Å². The Balaban J connectivity index is 1.92. The molecule has 1 saturated heterocycles. The zero-order valence-electron chi connectivity index (χ0n) is 10.5. The van der Waals surface area contributed by atoms with Crippen molar-refractivity contribution in [2.75, 3.05) is 26.8 Å². The number of thiophene rings is 1. The molecule has 2 rings (SSSR count). The second-order valence-electron chi connectivity index (χ2n) is 4.77. The Morgan fingerprint density at radius 2 is 2.53 bits per heavy atom. The first kappa shape index (κ1) is 13.0. The van der Waals surface area contributed by atoms with Gasteiger partial charge in [-0.2, -0.15) is 0 Å². The van der Waals surface area contributed by atoms with Crippen LogP contribution in [0, 0.1) is 5.92 Å². The monoisotopic (exact) mass is 254 g/mol. The van der Waals surface area contributed by atoms with E-state index in [-0.39, 0.29) is 0 Å². The fourth-order valence-electron chi connectivity index (χ4n) is 2.57. The van der Waals surface area contributed by atoms with Gasteiger partial charge >= 0.3 is 0 Å². The van der Waals surface area contributed by atoms with Gasteiger partial charge in [-0.1, -0.05) is 6.07 Å². The van der Waals surface area contributed by atoms with Gasteiger partial charge in [-0.05, 0) is 37.3 Å². The van der Waals surface area contributed by atoms with Crippen LogP contribution in [0.2, 0.25) is 0 Å². The summed E-state index contributed by atoms with van der Waals surface area (Å²) in [6.07, 6.45) is 2.42. The van der Waals surface area contributed by atoms with E-state index in [1.54, 1.807) is 0 Å². The number of hydrogen-bond acceptors (Lipinski definition) is 4. The smallest absolute Gasteiger partial charge is 0.0509 e. The SMILES string of the molecule is CN(Cc1cccs1)C(CN)C1CCCOC1. The normalized spacial score (nSPS) is 22.9. The molecule has 2 unspecified atom stereocenters. The van der Waals surface area contributed by atoms with Crippen LogP contribution in [0.1, 0.15) is 17.7 Å². The van der Waals surface area contributed by atoms with Gasteiger partial charge in [0.05, 0.1) is 6.61 Å². The third-order valence-corrected chi connectivity index (χ3v) is 4.39. The zero-order chi connectivity index (χ0) is 12.1. The summed E-state index contributed by atoms with van der Waals surface area (Å²) in [4.78, 5) is 3.79. The minimum Gasteiger partial charge on any atom is -0.381 e. The topological polar surface area (TPSA) is 38.5 Å². The number of nitrogens with two attached hydrogens (primary N) is 1. The Morgan fingerprint density at radius 1 is 1.65 bits per heavy atom. The van der Waals surface area contributed by atoms with Crippen molar-refractivity contribution in [3.8, 4) is 0 Å². The van der Waals surface area contributed by atoms with Crippen molar-refractivity contribution in [2.24, 2.45) is 11.7 Å². The van der Waals surface area contributed by atoms with Crippen LogP contribution in [0.5, 0.6) is 0 Å². The maximum Gasteiger partial charge on any atom is 0.0509 e. The standard InChI is InChI=1S/C13H22N2OS/c1-15(9-12-5-3-7-17-12)13(8-14)11-4-2-6-16-10-11/h3,5,7,11,13H,2,4,6,8-10,14H2,1H3. The van der Waals surface area contributed by atoms with Gasteiger partial charge in [0.1, 0.15) is 0 Å². The number of likely N-dealkylation sites (N-methyl/N-ethyl adjacent to an activating group) is 1. The molecule has 0 aromatic carbocycles. The van der Waals surface area contributed by atoms with E-state index in [0.29, 0.717) is 12.0 Å². The van der Waals surface area contributed by atoms with E-state index in [4.69, 9.17) is 10.5 Å².